The molecule has 4 atom stereocenters. The molecule has 8 nitrogen and oxygen atoms in total. The number of nitrogen functional groups attached to an aromatic ring is 1. The number of ether oxygens (including phenoxy) is 1. The largest absolute Gasteiger partial charge is 0.382 e. The number of aromatic nitrogens is 3. The molecule has 32 heavy (non-hydrogen) atoms. The summed E-state index contributed by atoms with van der Waals surface area (Å²) in [6.07, 6.45) is 6.20. The molecule has 1 fully saturated rings. The SMILES string of the molecule is CC[C@H]1O[C@@H](c2ccncc2NC(=O)c2nc(-c3ccccc3)cnc2N)C[C@@H](N)[C@H]1C. The van der Waals surface area contributed by atoms with E-state index in [1.165, 1.54) is 0 Å². The molecule has 1 amide bonds. The van der Waals surface area contributed by atoms with Crippen molar-refractivity contribution < 1.29 is 9.53 Å². The minimum atomic E-state index is -0.456. The number of anilines is 2. The van der Waals surface area contributed by atoms with Crippen LogP contribution in [0.5, 0.6) is 0 Å². The van der Waals surface area contributed by atoms with Gasteiger partial charge in [0.05, 0.1) is 36.0 Å². The Balaban J connectivity index is 1.60. The van der Waals surface area contributed by atoms with Gasteiger partial charge in [0.25, 0.3) is 5.91 Å². The van der Waals surface area contributed by atoms with E-state index in [2.05, 4.69) is 34.1 Å². The molecule has 1 aliphatic heterocycles. The number of pyridine rings is 1. The number of hydrogen-bond acceptors (Lipinski definition) is 7. The number of amides is 1. The van der Waals surface area contributed by atoms with E-state index in [1.54, 1.807) is 18.6 Å². The van der Waals surface area contributed by atoms with E-state index in [-0.39, 0.29) is 35.7 Å². The summed E-state index contributed by atoms with van der Waals surface area (Å²) in [4.78, 5) is 25.9. The van der Waals surface area contributed by atoms with Gasteiger partial charge in [-0.05, 0) is 24.8 Å². The third-order valence-corrected chi connectivity index (χ3v) is 6.02. The summed E-state index contributed by atoms with van der Waals surface area (Å²) in [7, 11) is 0. The first-order valence-corrected chi connectivity index (χ1v) is 10.8. The summed E-state index contributed by atoms with van der Waals surface area (Å²) < 4.78 is 6.32. The van der Waals surface area contributed by atoms with Crippen molar-refractivity contribution in [3.05, 3.63) is 66.2 Å². The number of nitrogens with one attached hydrogen (secondary N) is 1. The van der Waals surface area contributed by atoms with E-state index in [0.29, 0.717) is 17.8 Å². The molecule has 2 aromatic heterocycles. The van der Waals surface area contributed by atoms with Gasteiger partial charge in [0, 0.05) is 23.4 Å². The normalized spacial score (nSPS) is 23.0. The van der Waals surface area contributed by atoms with Crippen molar-refractivity contribution in [2.75, 3.05) is 11.1 Å². The van der Waals surface area contributed by atoms with Crippen LogP contribution in [0.2, 0.25) is 0 Å². The Kier molecular flexibility index (Phi) is 6.43. The molecule has 1 aromatic carbocycles. The van der Waals surface area contributed by atoms with Crippen LogP contribution in [0.15, 0.2) is 55.0 Å². The second kappa shape index (κ2) is 9.42. The van der Waals surface area contributed by atoms with Gasteiger partial charge >= 0.3 is 0 Å². The van der Waals surface area contributed by atoms with Gasteiger partial charge in [-0.2, -0.15) is 0 Å². The molecule has 8 heteroatoms. The van der Waals surface area contributed by atoms with Crippen LogP contribution in [0.3, 0.4) is 0 Å². The molecule has 0 aliphatic carbocycles. The molecule has 0 unspecified atom stereocenters. The van der Waals surface area contributed by atoms with Crippen molar-refractivity contribution in [1.29, 1.82) is 0 Å². The van der Waals surface area contributed by atoms with E-state index in [4.69, 9.17) is 16.2 Å². The minimum Gasteiger partial charge on any atom is -0.382 e. The van der Waals surface area contributed by atoms with E-state index < -0.39 is 5.91 Å². The highest BCUT2D eigenvalue weighted by Gasteiger charge is 2.34. The Bertz CT molecular complexity index is 1090. The van der Waals surface area contributed by atoms with Gasteiger partial charge in [-0.15, -0.1) is 0 Å². The van der Waals surface area contributed by atoms with Crippen molar-refractivity contribution in [3.63, 3.8) is 0 Å². The highest BCUT2D eigenvalue weighted by atomic mass is 16.5. The zero-order valence-electron chi connectivity index (χ0n) is 18.2. The standard InChI is InChI=1S/C24H28N6O2/c1-3-20-14(2)17(25)11-21(32-20)16-9-10-27-12-19(16)30-24(31)22-23(26)28-13-18(29-22)15-7-5-4-6-8-15/h4-10,12-14,17,20-21H,3,11,25H2,1-2H3,(H2,26,28)(H,30,31)/t14-,17-,20-,21-/m1/s1. The summed E-state index contributed by atoms with van der Waals surface area (Å²) in [5.41, 5.74) is 15.2. The maximum Gasteiger partial charge on any atom is 0.278 e. The van der Waals surface area contributed by atoms with E-state index in [1.807, 2.05) is 36.4 Å². The summed E-state index contributed by atoms with van der Waals surface area (Å²) >= 11 is 0. The molecule has 0 saturated carbocycles. The van der Waals surface area contributed by atoms with Crippen LogP contribution in [0.25, 0.3) is 11.3 Å². The lowest BCUT2D eigenvalue weighted by molar-refractivity contribution is -0.0897. The molecular weight excluding hydrogens is 404 g/mol. The van der Waals surface area contributed by atoms with Crippen molar-refractivity contribution in [2.24, 2.45) is 11.7 Å². The van der Waals surface area contributed by atoms with Crippen LogP contribution in [0, 0.1) is 5.92 Å². The Morgan fingerprint density at radius 2 is 2.00 bits per heavy atom. The molecule has 0 bridgehead atoms. The van der Waals surface area contributed by atoms with Crippen LogP contribution in [0.4, 0.5) is 11.5 Å². The molecule has 1 aliphatic rings. The Labute approximate surface area is 187 Å². The summed E-state index contributed by atoms with van der Waals surface area (Å²) in [6, 6.07) is 11.4. The lowest BCUT2D eigenvalue weighted by atomic mass is 9.85. The summed E-state index contributed by atoms with van der Waals surface area (Å²) in [5, 5.41) is 2.90. The lowest BCUT2D eigenvalue weighted by Crippen LogP contribution is -2.44. The van der Waals surface area contributed by atoms with E-state index in [0.717, 1.165) is 17.5 Å². The predicted molar refractivity (Wildman–Crippen MR) is 124 cm³/mol. The van der Waals surface area contributed by atoms with E-state index >= 15 is 0 Å². The number of nitrogens with two attached hydrogens (primary N) is 2. The first-order chi connectivity index (χ1) is 15.5. The fourth-order valence-electron chi connectivity index (χ4n) is 4.08. The van der Waals surface area contributed by atoms with Gasteiger partial charge in [0.15, 0.2) is 11.5 Å². The van der Waals surface area contributed by atoms with Crippen LogP contribution in [0.1, 0.15) is 48.8 Å². The maximum absolute atomic E-state index is 13.1. The van der Waals surface area contributed by atoms with E-state index in [9.17, 15) is 4.79 Å². The van der Waals surface area contributed by atoms with Gasteiger partial charge < -0.3 is 21.5 Å². The molecular formula is C24H28N6O2. The molecule has 5 N–H and O–H groups in total. The Morgan fingerprint density at radius 1 is 1.22 bits per heavy atom. The molecule has 3 aromatic rings. The molecule has 0 spiro atoms. The van der Waals surface area contributed by atoms with Crippen molar-refractivity contribution in [1.82, 2.24) is 15.0 Å². The number of nitrogens with zero attached hydrogens (tertiary/aromatic N) is 3. The van der Waals surface area contributed by atoms with Crippen molar-refractivity contribution in [2.45, 2.75) is 44.9 Å². The lowest BCUT2D eigenvalue weighted by Gasteiger charge is -2.39. The average Bonchev–Trinajstić information content (AvgIpc) is 2.82. The van der Waals surface area contributed by atoms with Gasteiger partial charge in [-0.25, -0.2) is 9.97 Å². The number of hydrogen-bond donors (Lipinski definition) is 3. The smallest absolute Gasteiger partial charge is 0.278 e. The van der Waals surface area contributed by atoms with Crippen molar-refractivity contribution in [3.8, 4) is 11.3 Å². The van der Waals surface area contributed by atoms with Gasteiger partial charge in [-0.1, -0.05) is 44.2 Å². The average molecular weight is 433 g/mol. The number of rotatable bonds is 5. The fraction of sp³-hybridized carbons (Fsp3) is 0.333. The zero-order chi connectivity index (χ0) is 22.7. The third kappa shape index (κ3) is 4.46. The maximum atomic E-state index is 13.1. The fourth-order valence-corrected chi connectivity index (χ4v) is 4.08. The predicted octanol–water partition coefficient (Wildman–Crippen LogP) is 3.58. The zero-order valence-corrected chi connectivity index (χ0v) is 18.2. The second-order valence-corrected chi connectivity index (χ2v) is 8.10. The first-order valence-electron chi connectivity index (χ1n) is 10.8. The van der Waals surface area contributed by atoms with Gasteiger partial charge in [-0.3, -0.25) is 9.78 Å². The number of benzene rings is 1. The monoisotopic (exact) mass is 432 g/mol. The highest BCUT2D eigenvalue weighted by molar-refractivity contribution is 6.06. The highest BCUT2D eigenvalue weighted by Crippen LogP contribution is 2.37. The molecule has 166 valence electrons. The second-order valence-electron chi connectivity index (χ2n) is 8.10. The van der Waals surface area contributed by atoms with Crippen LogP contribution >= 0.6 is 0 Å². The minimum absolute atomic E-state index is 0.0134. The molecule has 4 rings (SSSR count). The summed E-state index contributed by atoms with van der Waals surface area (Å²) in [5.74, 6) is -0.127. The number of carbonyl (C=O) groups excluding carboxylic acids is 1. The van der Waals surface area contributed by atoms with Crippen molar-refractivity contribution >= 4 is 17.4 Å². The molecule has 0 radical (unpaired) electrons. The van der Waals surface area contributed by atoms with Crippen LogP contribution in [-0.2, 0) is 4.74 Å². The first kappa shape index (κ1) is 21.9. The quantitative estimate of drug-likeness (QED) is 0.562. The Hall–Kier alpha value is -3.36. The van der Waals surface area contributed by atoms with Crippen LogP contribution in [-0.4, -0.2) is 33.0 Å². The molecule has 3 heterocycles. The Morgan fingerprint density at radius 3 is 2.75 bits per heavy atom. The third-order valence-electron chi connectivity index (χ3n) is 6.02. The number of carbonyl (C=O) groups is 1. The topological polar surface area (TPSA) is 129 Å². The van der Waals surface area contributed by atoms with Gasteiger partial charge in [0.1, 0.15) is 0 Å². The summed E-state index contributed by atoms with van der Waals surface area (Å²) in [6.45, 7) is 4.21. The van der Waals surface area contributed by atoms with Crippen LogP contribution < -0.4 is 16.8 Å². The van der Waals surface area contributed by atoms with Gasteiger partial charge in [0.2, 0.25) is 0 Å². The molecule has 1 saturated heterocycles.